The number of benzene rings is 1. The van der Waals surface area contributed by atoms with E-state index in [-0.39, 0.29) is 18.4 Å². The van der Waals surface area contributed by atoms with Crippen LogP contribution in [0.2, 0.25) is 0 Å². The first kappa shape index (κ1) is 27.3. The molecule has 4 aromatic rings. The molecule has 0 radical (unpaired) electrons. The van der Waals surface area contributed by atoms with E-state index in [1.807, 2.05) is 19.1 Å². The van der Waals surface area contributed by atoms with Gasteiger partial charge in [-0.05, 0) is 80.8 Å². The first-order valence-corrected chi connectivity index (χ1v) is 12.8. The second-order valence-electron chi connectivity index (χ2n) is 10.1. The smallest absolute Gasteiger partial charge is 0.280 e. The number of aromatic nitrogens is 4. The van der Waals surface area contributed by atoms with Crippen LogP contribution in [0.3, 0.4) is 0 Å². The van der Waals surface area contributed by atoms with Crippen molar-refractivity contribution in [3.8, 4) is 28.3 Å². The topological polar surface area (TPSA) is 110 Å². The standard InChI is InChI=1S/C29H29F3N6O2/c1-17-14-19(15-22(34-17)26(31)32)24-25(18-6-8-20(30)9-7-18)36-28(33)37-27(24)40-16-21-4-3-5-23(35-21)38-12-10-29(2,39)11-13-38/h3-9,14-15,26,39H,10-13,16H2,1-2H3,(H2,33,36,37). The molecule has 0 aliphatic carbocycles. The Balaban J connectivity index is 1.52. The molecule has 11 heteroatoms. The van der Waals surface area contributed by atoms with E-state index in [0.717, 1.165) is 5.82 Å². The number of nitrogens with two attached hydrogens (primary N) is 1. The predicted molar refractivity (Wildman–Crippen MR) is 145 cm³/mol. The summed E-state index contributed by atoms with van der Waals surface area (Å²) in [7, 11) is 0. The molecule has 208 valence electrons. The number of nitrogens with zero attached hydrogens (tertiary/aromatic N) is 5. The van der Waals surface area contributed by atoms with Crippen LogP contribution in [0.5, 0.6) is 5.88 Å². The molecule has 0 saturated carbocycles. The normalized spacial score (nSPS) is 14.9. The number of nitrogen functional groups attached to an aromatic ring is 1. The van der Waals surface area contributed by atoms with Crippen molar-refractivity contribution in [2.45, 2.75) is 45.3 Å². The average molecular weight is 551 g/mol. The van der Waals surface area contributed by atoms with Crippen molar-refractivity contribution >= 4 is 11.8 Å². The molecule has 0 spiro atoms. The fourth-order valence-electron chi connectivity index (χ4n) is 4.67. The van der Waals surface area contributed by atoms with E-state index >= 15 is 0 Å². The number of rotatable bonds is 7. The molecule has 1 saturated heterocycles. The number of aryl methyl sites for hydroxylation is 1. The highest BCUT2D eigenvalue weighted by atomic mass is 19.3. The van der Waals surface area contributed by atoms with Crippen molar-refractivity contribution in [2.75, 3.05) is 23.7 Å². The van der Waals surface area contributed by atoms with Crippen LogP contribution in [0.15, 0.2) is 54.6 Å². The Bertz CT molecular complexity index is 1500. The minimum absolute atomic E-state index is 0.0114. The molecule has 1 aromatic carbocycles. The van der Waals surface area contributed by atoms with Crippen molar-refractivity contribution in [2.24, 2.45) is 0 Å². The van der Waals surface area contributed by atoms with Gasteiger partial charge in [0.1, 0.15) is 23.9 Å². The van der Waals surface area contributed by atoms with Crippen molar-refractivity contribution in [3.05, 3.63) is 77.5 Å². The summed E-state index contributed by atoms with van der Waals surface area (Å²) in [5.74, 6) is 0.294. The predicted octanol–water partition coefficient (Wildman–Crippen LogP) is 5.50. The number of ether oxygens (including phenoxy) is 1. The van der Waals surface area contributed by atoms with E-state index in [0.29, 0.717) is 59.7 Å². The monoisotopic (exact) mass is 550 g/mol. The molecule has 0 amide bonds. The van der Waals surface area contributed by atoms with E-state index in [4.69, 9.17) is 15.5 Å². The summed E-state index contributed by atoms with van der Waals surface area (Å²) in [4.78, 5) is 19.4. The first-order chi connectivity index (χ1) is 19.1. The lowest BCUT2D eigenvalue weighted by atomic mass is 9.94. The summed E-state index contributed by atoms with van der Waals surface area (Å²) in [6.07, 6.45) is -1.52. The molecule has 40 heavy (non-hydrogen) atoms. The van der Waals surface area contributed by atoms with Crippen LogP contribution in [-0.2, 0) is 6.61 Å². The van der Waals surface area contributed by atoms with Gasteiger partial charge in [0.05, 0.1) is 22.6 Å². The van der Waals surface area contributed by atoms with Crippen LogP contribution in [0.25, 0.3) is 22.4 Å². The minimum Gasteiger partial charge on any atom is -0.471 e. The number of piperidine rings is 1. The summed E-state index contributed by atoms with van der Waals surface area (Å²) in [5.41, 5.74) is 7.43. The molecule has 3 aromatic heterocycles. The van der Waals surface area contributed by atoms with Crippen LogP contribution in [0.1, 0.15) is 43.3 Å². The largest absolute Gasteiger partial charge is 0.471 e. The van der Waals surface area contributed by atoms with Gasteiger partial charge in [-0.3, -0.25) is 4.98 Å². The highest BCUT2D eigenvalue weighted by molar-refractivity contribution is 5.85. The zero-order valence-electron chi connectivity index (χ0n) is 22.1. The summed E-state index contributed by atoms with van der Waals surface area (Å²) in [6, 6.07) is 14.1. The Kier molecular flexibility index (Phi) is 7.57. The molecule has 8 nitrogen and oxygen atoms in total. The van der Waals surface area contributed by atoms with Crippen LogP contribution in [0, 0.1) is 12.7 Å². The lowest BCUT2D eigenvalue weighted by Gasteiger charge is -2.36. The maximum absolute atomic E-state index is 13.7. The third-order valence-corrected chi connectivity index (χ3v) is 6.81. The Morgan fingerprint density at radius 1 is 1.00 bits per heavy atom. The second-order valence-corrected chi connectivity index (χ2v) is 10.1. The molecule has 4 heterocycles. The molecule has 1 aliphatic heterocycles. The minimum atomic E-state index is -2.79. The van der Waals surface area contributed by atoms with Gasteiger partial charge in [0.2, 0.25) is 11.8 Å². The number of hydrogen-bond acceptors (Lipinski definition) is 8. The third-order valence-electron chi connectivity index (χ3n) is 6.81. The molecule has 1 fully saturated rings. The van der Waals surface area contributed by atoms with E-state index in [9.17, 15) is 18.3 Å². The maximum Gasteiger partial charge on any atom is 0.280 e. The SMILES string of the molecule is Cc1cc(-c2c(OCc3cccc(N4CCC(C)(O)CC4)n3)nc(N)nc2-c2ccc(F)cc2)cc(C(F)F)n1. The molecule has 0 bridgehead atoms. The maximum atomic E-state index is 13.7. The van der Waals surface area contributed by atoms with Crippen molar-refractivity contribution < 1.29 is 23.0 Å². The molecule has 1 aliphatic rings. The van der Waals surface area contributed by atoms with Crippen LogP contribution >= 0.6 is 0 Å². The first-order valence-electron chi connectivity index (χ1n) is 12.8. The van der Waals surface area contributed by atoms with Gasteiger partial charge in [0.15, 0.2) is 0 Å². The zero-order valence-corrected chi connectivity index (χ0v) is 22.1. The van der Waals surface area contributed by atoms with E-state index in [2.05, 4.69) is 19.9 Å². The van der Waals surface area contributed by atoms with Gasteiger partial charge < -0.3 is 20.5 Å². The quantitative estimate of drug-likeness (QED) is 0.311. The van der Waals surface area contributed by atoms with Crippen molar-refractivity contribution in [1.82, 2.24) is 19.9 Å². The van der Waals surface area contributed by atoms with Crippen LogP contribution < -0.4 is 15.4 Å². The van der Waals surface area contributed by atoms with Gasteiger partial charge >= 0.3 is 0 Å². The van der Waals surface area contributed by atoms with Gasteiger partial charge in [-0.15, -0.1) is 0 Å². The number of anilines is 2. The Morgan fingerprint density at radius 3 is 2.42 bits per heavy atom. The van der Waals surface area contributed by atoms with E-state index < -0.39 is 23.5 Å². The lowest BCUT2D eigenvalue weighted by molar-refractivity contribution is 0.0350. The number of halogens is 3. The summed E-state index contributed by atoms with van der Waals surface area (Å²) in [5, 5.41) is 10.3. The summed E-state index contributed by atoms with van der Waals surface area (Å²) >= 11 is 0. The molecule has 0 unspecified atom stereocenters. The molecule has 0 atom stereocenters. The fraction of sp³-hybridized carbons (Fsp3) is 0.310. The van der Waals surface area contributed by atoms with Crippen molar-refractivity contribution in [3.63, 3.8) is 0 Å². The number of hydrogen-bond donors (Lipinski definition) is 2. The molecule has 5 rings (SSSR count). The number of alkyl halides is 2. The van der Waals surface area contributed by atoms with Gasteiger partial charge in [0.25, 0.3) is 6.43 Å². The van der Waals surface area contributed by atoms with Gasteiger partial charge in [-0.1, -0.05) is 6.07 Å². The van der Waals surface area contributed by atoms with Crippen LogP contribution in [0.4, 0.5) is 24.9 Å². The average Bonchev–Trinajstić information content (AvgIpc) is 2.91. The van der Waals surface area contributed by atoms with Gasteiger partial charge in [-0.2, -0.15) is 4.98 Å². The Morgan fingerprint density at radius 2 is 1.73 bits per heavy atom. The highest BCUT2D eigenvalue weighted by Crippen LogP contribution is 2.39. The molecular weight excluding hydrogens is 521 g/mol. The van der Waals surface area contributed by atoms with E-state index in [1.165, 1.54) is 30.3 Å². The lowest BCUT2D eigenvalue weighted by Crippen LogP contribution is -2.42. The summed E-state index contributed by atoms with van der Waals surface area (Å²) in [6.45, 7) is 4.80. The van der Waals surface area contributed by atoms with Gasteiger partial charge in [-0.25, -0.2) is 23.1 Å². The van der Waals surface area contributed by atoms with Crippen molar-refractivity contribution in [1.29, 1.82) is 0 Å². The van der Waals surface area contributed by atoms with Gasteiger partial charge in [0, 0.05) is 24.3 Å². The summed E-state index contributed by atoms with van der Waals surface area (Å²) < 4.78 is 47.2. The zero-order chi connectivity index (χ0) is 28.4. The number of aliphatic hydroxyl groups is 1. The fourth-order valence-corrected chi connectivity index (χ4v) is 4.67. The van der Waals surface area contributed by atoms with E-state index in [1.54, 1.807) is 19.1 Å². The van der Waals surface area contributed by atoms with Crippen LogP contribution in [-0.4, -0.2) is 43.7 Å². The Hall–Kier alpha value is -4.25. The Labute approximate surface area is 229 Å². The number of pyridine rings is 2. The third kappa shape index (κ3) is 6.15. The second kappa shape index (κ2) is 11.1. The highest BCUT2D eigenvalue weighted by Gasteiger charge is 2.28. The molecular formula is C29H29F3N6O2. The molecule has 3 N–H and O–H groups in total.